The summed E-state index contributed by atoms with van der Waals surface area (Å²) in [5.41, 5.74) is 1.05. The van der Waals surface area contributed by atoms with Crippen LogP contribution in [-0.4, -0.2) is 23.6 Å². The van der Waals surface area contributed by atoms with Crippen LogP contribution in [0.5, 0.6) is 0 Å². The highest BCUT2D eigenvalue weighted by atomic mass is 16.6. The second-order valence-corrected chi connectivity index (χ2v) is 5.28. The van der Waals surface area contributed by atoms with Gasteiger partial charge in [0.05, 0.1) is 0 Å². The number of carbonyl (C=O) groups is 1. The number of ether oxygens (including phenoxy) is 1. The largest absolute Gasteiger partial charge is 0.445 e. The highest BCUT2D eigenvalue weighted by Crippen LogP contribution is 2.40. The summed E-state index contributed by atoms with van der Waals surface area (Å²) in [5, 5.41) is 0. The molecule has 96 valence electrons. The predicted molar refractivity (Wildman–Crippen MR) is 69.1 cm³/mol. The van der Waals surface area contributed by atoms with Crippen LogP contribution >= 0.6 is 0 Å². The first kappa shape index (κ1) is 11.6. The lowest BCUT2D eigenvalue weighted by molar-refractivity contribution is 0.0889. The van der Waals surface area contributed by atoms with E-state index >= 15 is 0 Å². The van der Waals surface area contributed by atoms with Crippen LogP contribution < -0.4 is 0 Å². The first-order valence-corrected chi connectivity index (χ1v) is 6.82. The summed E-state index contributed by atoms with van der Waals surface area (Å²) in [5.74, 6) is 0.747. The molecule has 1 aromatic carbocycles. The number of carbonyl (C=O) groups excluding carboxylic acids is 1. The minimum absolute atomic E-state index is 0.131. The number of hydrogen-bond donors (Lipinski definition) is 0. The zero-order valence-electron chi connectivity index (χ0n) is 10.5. The molecule has 1 aromatic rings. The Morgan fingerprint density at radius 2 is 2.00 bits per heavy atom. The standard InChI is InChI=1S/C15H19NO2/c17-15(18-11-12-5-2-1-3-6-12)16-10-4-7-14(16)13-8-9-13/h1-3,5-6,13-14H,4,7-11H2. The van der Waals surface area contributed by atoms with Crippen LogP contribution in [0.15, 0.2) is 30.3 Å². The summed E-state index contributed by atoms with van der Waals surface area (Å²) in [6.45, 7) is 1.25. The van der Waals surface area contributed by atoms with Gasteiger partial charge in [0.15, 0.2) is 0 Å². The molecule has 3 heteroatoms. The Hall–Kier alpha value is -1.51. The van der Waals surface area contributed by atoms with Crippen molar-refractivity contribution in [3.8, 4) is 0 Å². The van der Waals surface area contributed by atoms with Crippen molar-refractivity contribution >= 4 is 6.09 Å². The molecule has 2 fully saturated rings. The molecule has 1 unspecified atom stereocenters. The Labute approximate surface area is 108 Å². The van der Waals surface area contributed by atoms with Crippen molar-refractivity contribution in [2.75, 3.05) is 6.54 Å². The summed E-state index contributed by atoms with van der Waals surface area (Å²) in [7, 11) is 0. The quantitative estimate of drug-likeness (QED) is 0.818. The zero-order valence-corrected chi connectivity index (χ0v) is 10.5. The third-order valence-electron chi connectivity index (χ3n) is 3.91. The van der Waals surface area contributed by atoms with Gasteiger partial charge in [0.1, 0.15) is 6.61 Å². The monoisotopic (exact) mass is 245 g/mol. The van der Waals surface area contributed by atoms with Crippen LogP contribution in [0.3, 0.4) is 0 Å². The van der Waals surface area contributed by atoms with E-state index in [1.165, 1.54) is 12.8 Å². The molecular weight excluding hydrogens is 226 g/mol. The van der Waals surface area contributed by atoms with E-state index in [0.29, 0.717) is 12.6 Å². The molecule has 0 radical (unpaired) electrons. The summed E-state index contributed by atoms with van der Waals surface area (Å²) in [6.07, 6.45) is 4.72. The molecule has 1 heterocycles. The van der Waals surface area contributed by atoms with Gasteiger partial charge in [-0.15, -0.1) is 0 Å². The topological polar surface area (TPSA) is 29.5 Å². The number of likely N-dealkylation sites (tertiary alicyclic amines) is 1. The molecular formula is C15H19NO2. The van der Waals surface area contributed by atoms with E-state index in [1.807, 2.05) is 35.2 Å². The number of hydrogen-bond acceptors (Lipinski definition) is 2. The molecule has 18 heavy (non-hydrogen) atoms. The van der Waals surface area contributed by atoms with Crippen LogP contribution in [0.1, 0.15) is 31.2 Å². The highest BCUT2D eigenvalue weighted by molar-refractivity contribution is 5.68. The lowest BCUT2D eigenvalue weighted by Crippen LogP contribution is -2.37. The molecule has 1 saturated carbocycles. The smallest absolute Gasteiger partial charge is 0.410 e. The maximum Gasteiger partial charge on any atom is 0.410 e. The lowest BCUT2D eigenvalue weighted by atomic mass is 10.1. The molecule has 1 amide bonds. The molecule has 1 saturated heterocycles. The second kappa shape index (κ2) is 5.01. The fourth-order valence-electron chi connectivity index (χ4n) is 2.79. The SMILES string of the molecule is O=C(OCc1ccccc1)N1CCCC1C1CC1. The van der Waals surface area contributed by atoms with Gasteiger partial charge in [0, 0.05) is 12.6 Å². The lowest BCUT2D eigenvalue weighted by Gasteiger charge is -2.23. The number of amides is 1. The third kappa shape index (κ3) is 2.50. The Morgan fingerprint density at radius 1 is 1.22 bits per heavy atom. The van der Waals surface area contributed by atoms with Gasteiger partial charge in [-0.05, 0) is 37.2 Å². The molecule has 0 spiro atoms. The van der Waals surface area contributed by atoms with Crippen molar-refractivity contribution in [3.05, 3.63) is 35.9 Å². The van der Waals surface area contributed by atoms with Gasteiger partial charge in [0.2, 0.25) is 0 Å². The van der Waals surface area contributed by atoms with Gasteiger partial charge >= 0.3 is 6.09 Å². The Bertz CT molecular complexity index is 414. The van der Waals surface area contributed by atoms with Crippen LogP contribution in [-0.2, 0) is 11.3 Å². The minimum Gasteiger partial charge on any atom is -0.445 e. The van der Waals surface area contributed by atoms with Crippen LogP contribution in [0.2, 0.25) is 0 Å². The molecule has 2 aliphatic rings. The maximum absolute atomic E-state index is 12.1. The molecule has 1 atom stereocenters. The van der Waals surface area contributed by atoms with E-state index in [0.717, 1.165) is 30.9 Å². The Morgan fingerprint density at radius 3 is 2.72 bits per heavy atom. The zero-order chi connectivity index (χ0) is 12.4. The molecule has 3 rings (SSSR count). The number of nitrogens with zero attached hydrogens (tertiary/aromatic N) is 1. The van der Waals surface area contributed by atoms with Gasteiger partial charge in [-0.1, -0.05) is 30.3 Å². The van der Waals surface area contributed by atoms with E-state index in [9.17, 15) is 4.79 Å². The van der Waals surface area contributed by atoms with Crippen LogP contribution in [0.25, 0.3) is 0 Å². The van der Waals surface area contributed by atoms with Gasteiger partial charge in [-0.3, -0.25) is 0 Å². The van der Waals surface area contributed by atoms with Crippen molar-refractivity contribution in [2.45, 2.75) is 38.3 Å². The van der Waals surface area contributed by atoms with Crippen LogP contribution in [0, 0.1) is 5.92 Å². The van der Waals surface area contributed by atoms with E-state index in [4.69, 9.17) is 4.74 Å². The summed E-state index contributed by atoms with van der Waals surface area (Å²) in [6, 6.07) is 10.3. The Balaban J connectivity index is 1.54. The third-order valence-corrected chi connectivity index (χ3v) is 3.91. The van der Waals surface area contributed by atoms with Crippen LogP contribution in [0.4, 0.5) is 4.79 Å². The Kier molecular flexibility index (Phi) is 3.22. The molecule has 1 aliphatic heterocycles. The fraction of sp³-hybridized carbons (Fsp3) is 0.533. The predicted octanol–water partition coefficient (Wildman–Crippen LogP) is 3.20. The summed E-state index contributed by atoms with van der Waals surface area (Å²) in [4.78, 5) is 14.0. The maximum atomic E-state index is 12.1. The van der Waals surface area contributed by atoms with E-state index in [1.54, 1.807) is 0 Å². The van der Waals surface area contributed by atoms with E-state index in [-0.39, 0.29) is 6.09 Å². The highest BCUT2D eigenvalue weighted by Gasteiger charge is 2.40. The summed E-state index contributed by atoms with van der Waals surface area (Å²) < 4.78 is 5.41. The first-order valence-electron chi connectivity index (χ1n) is 6.82. The first-order chi connectivity index (χ1) is 8.84. The minimum atomic E-state index is -0.131. The van der Waals surface area contributed by atoms with Crippen molar-refractivity contribution in [2.24, 2.45) is 5.92 Å². The normalized spacial score (nSPS) is 23.1. The molecule has 3 nitrogen and oxygen atoms in total. The average Bonchev–Trinajstić information content (AvgIpc) is 3.14. The van der Waals surface area contributed by atoms with Crippen molar-refractivity contribution in [3.63, 3.8) is 0 Å². The summed E-state index contributed by atoms with van der Waals surface area (Å²) >= 11 is 0. The molecule has 0 aromatic heterocycles. The van der Waals surface area contributed by atoms with Gasteiger partial charge in [-0.25, -0.2) is 4.79 Å². The molecule has 0 N–H and O–H groups in total. The molecule has 1 aliphatic carbocycles. The number of benzene rings is 1. The van der Waals surface area contributed by atoms with E-state index < -0.39 is 0 Å². The van der Waals surface area contributed by atoms with Crippen molar-refractivity contribution in [1.29, 1.82) is 0 Å². The van der Waals surface area contributed by atoms with Gasteiger partial charge < -0.3 is 9.64 Å². The average molecular weight is 245 g/mol. The van der Waals surface area contributed by atoms with Gasteiger partial charge in [-0.2, -0.15) is 0 Å². The fourth-order valence-corrected chi connectivity index (χ4v) is 2.79. The van der Waals surface area contributed by atoms with Crippen molar-refractivity contribution in [1.82, 2.24) is 4.90 Å². The molecule has 0 bridgehead atoms. The second-order valence-electron chi connectivity index (χ2n) is 5.28. The van der Waals surface area contributed by atoms with E-state index in [2.05, 4.69) is 0 Å². The number of rotatable bonds is 3. The van der Waals surface area contributed by atoms with Crippen molar-refractivity contribution < 1.29 is 9.53 Å². The van der Waals surface area contributed by atoms with Gasteiger partial charge in [0.25, 0.3) is 0 Å².